The average molecular weight is 328 g/mol. The van der Waals surface area contributed by atoms with Crippen molar-refractivity contribution in [1.29, 1.82) is 0 Å². The highest BCUT2D eigenvalue weighted by atomic mass is 35.5. The molecule has 116 valence electrons. The standard InChI is InChI=1S/C17H14ClN3O2/c1-11-5-3-7-13(9-11)22-16-19-15(18)20-17(21-16)23-14-8-4-6-12(2)10-14/h3-10H,1-2H3. The zero-order valence-corrected chi connectivity index (χ0v) is 13.4. The van der Waals surface area contributed by atoms with Gasteiger partial charge in [-0.05, 0) is 60.8 Å². The summed E-state index contributed by atoms with van der Waals surface area (Å²) in [5.41, 5.74) is 2.14. The lowest BCUT2D eigenvalue weighted by atomic mass is 10.2. The molecule has 3 rings (SSSR count). The van der Waals surface area contributed by atoms with Crippen LogP contribution in [-0.2, 0) is 0 Å². The SMILES string of the molecule is Cc1cccc(Oc2nc(Cl)nc(Oc3cccc(C)c3)n2)c1. The summed E-state index contributed by atoms with van der Waals surface area (Å²) < 4.78 is 11.2. The maximum absolute atomic E-state index is 5.92. The zero-order chi connectivity index (χ0) is 16.2. The van der Waals surface area contributed by atoms with Crippen molar-refractivity contribution in [3.63, 3.8) is 0 Å². The molecule has 0 fully saturated rings. The smallest absolute Gasteiger partial charge is 0.329 e. The van der Waals surface area contributed by atoms with E-state index >= 15 is 0 Å². The van der Waals surface area contributed by atoms with Gasteiger partial charge < -0.3 is 9.47 Å². The zero-order valence-electron chi connectivity index (χ0n) is 12.7. The van der Waals surface area contributed by atoms with Crippen molar-refractivity contribution in [3.8, 4) is 23.5 Å². The van der Waals surface area contributed by atoms with Crippen LogP contribution in [0.5, 0.6) is 23.5 Å². The van der Waals surface area contributed by atoms with Crippen LogP contribution in [0.4, 0.5) is 0 Å². The van der Waals surface area contributed by atoms with Gasteiger partial charge in [0.1, 0.15) is 11.5 Å². The Labute approximate surface area is 138 Å². The van der Waals surface area contributed by atoms with Gasteiger partial charge >= 0.3 is 12.0 Å². The number of aryl methyl sites for hydroxylation is 2. The minimum Gasteiger partial charge on any atom is -0.424 e. The molecule has 0 saturated carbocycles. The Morgan fingerprint density at radius 2 is 1.22 bits per heavy atom. The number of hydrogen-bond acceptors (Lipinski definition) is 5. The molecule has 0 amide bonds. The summed E-state index contributed by atoms with van der Waals surface area (Å²) in [5, 5.41) is 0.00491. The van der Waals surface area contributed by atoms with Gasteiger partial charge in [-0.1, -0.05) is 24.3 Å². The Kier molecular flexibility index (Phi) is 4.39. The maximum atomic E-state index is 5.92. The van der Waals surface area contributed by atoms with E-state index in [1.54, 1.807) is 0 Å². The molecule has 3 aromatic rings. The number of aromatic nitrogens is 3. The second kappa shape index (κ2) is 6.62. The van der Waals surface area contributed by atoms with Gasteiger partial charge in [-0.15, -0.1) is 4.98 Å². The number of halogens is 1. The Bertz CT molecular complexity index is 774. The molecule has 0 aliphatic rings. The molecule has 5 nitrogen and oxygen atoms in total. The fourth-order valence-corrected chi connectivity index (χ4v) is 2.12. The summed E-state index contributed by atoms with van der Waals surface area (Å²) in [6, 6.07) is 15.3. The fourth-order valence-electron chi connectivity index (χ4n) is 1.97. The van der Waals surface area contributed by atoms with Gasteiger partial charge in [0.25, 0.3) is 0 Å². The predicted molar refractivity (Wildman–Crippen MR) is 87.3 cm³/mol. The lowest BCUT2D eigenvalue weighted by Gasteiger charge is -2.07. The molecule has 0 spiro atoms. The van der Waals surface area contributed by atoms with E-state index in [1.807, 2.05) is 62.4 Å². The average Bonchev–Trinajstić information content (AvgIpc) is 2.46. The van der Waals surface area contributed by atoms with Crippen LogP contribution in [-0.4, -0.2) is 15.0 Å². The number of hydrogen-bond donors (Lipinski definition) is 0. The number of ether oxygens (including phenoxy) is 2. The van der Waals surface area contributed by atoms with E-state index in [0.29, 0.717) is 11.5 Å². The highest BCUT2D eigenvalue weighted by Gasteiger charge is 2.09. The number of rotatable bonds is 4. The molecule has 2 aromatic carbocycles. The first-order chi connectivity index (χ1) is 11.1. The van der Waals surface area contributed by atoms with Crippen molar-refractivity contribution in [2.45, 2.75) is 13.8 Å². The third kappa shape index (κ3) is 4.17. The van der Waals surface area contributed by atoms with Crippen LogP contribution < -0.4 is 9.47 Å². The van der Waals surface area contributed by atoms with Crippen LogP contribution in [0.25, 0.3) is 0 Å². The van der Waals surface area contributed by atoms with E-state index in [2.05, 4.69) is 15.0 Å². The first-order valence-corrected chi connectivity index (χ1v) is 7.37. The van der Waals surface area contributed by atoms with Crippen molar-refractivity contribution in [1.82, 2.24) is 15.0 Å². The third-order valence-electron chi connectivity index (χ3n) is 2.96. The van der Waals surface area contributed by atoms with Crippen molar-refractivity contribution < 1.29 is 9.47 Å². The number of nitrogens with zero attached hydrogens (tertiary/aromatic N) is 3. The molecular weight excluding hydrogens is 314 g/mol. The van der Waals surface area contributed by atoms with E-state index in [4.69, 9.17) is 21.1 Å². The van der Waals surface area contributed by atoms with E-state index in [9.17, 15) is 0 Å². The molecule has 1 aromatic heterocycles. The molecule has 0 N–H and O–H groups in total. The minimum absolute atomic E-state index is 0.00491. The van der Waals surface area contributed by atoms with Gasteiger partial charge in [0.05, 0.1) is 0 Å². The summed E-state index contributed by atoms with van der Waals surface area (Å²) in [6.45, 7) is 3.94. The molecule has 0 aliphatic heterocycles. The lowest BCUT2D eigenvalue weighted by molar-refractivity contribution is 0.397. The summed E-state index contributed by atoms with van der Waals surface area (Å²) in [4.78, 5) is 12.1. The first kappa shape index (κ1) is 15.2. The van der Waals surface area contributed by atoms with E-state index in [-0.39, 0.29) is 17.3 Å². The lowest BCUT2D eigenvalue weighted by Crippen LogP contribution is -1.98. The van der Waals surface area contributed by atoms with Crippen LogP contribution in [0.2, 0.25) is 5.28 Å². The van der Waals surface area contributed by atoms with Crippen molar-refractivity contribution >= 4 is 11.6 Å². The highest BCUT2D eigenvalue weighted by Crippen LogP contribution is 2.24. The van der Waals surface area contributed by atoms with Gasteiger partial charge in [0.2, 0.25) is 5.28 Å². The van der Waals surface area contributed by atoms with Crippen LogP contribution in [0.3, 0.4) is 0 Å². The van der Waals surface area contributed by atoms with Gasteiger partial charge in [0, 0.05) is 0 Å². The number of benzene rings is 2. The Balaban J connectivity index is 1.84. The van der Waals surface area contributed by atoms with E-state index in [0.717, 1.165) is 11.1 Å². The topological polar surface area (TPSA) is 57.1 Å². The van der Waals surface area contributed by atoms with Crippen LogP contribution in [0, 0.1) is 13.8 Å². The van der Waals surface area contributed by atoms with Crippen LogP contribution >= 0.6 is 11.6 Å². The Morgan fingerprint density at radius 3 is 1.65 bits per heavy atom. The maximum Gasteiger partial charge on any atom is 0.329 e. The molecule has 0 radical (unpaired) electrons. The van der Waals surface area contributed by atoms with Gasteiger partial charge in [-0.2, -0.15) is 9.97 Å². The molecule has 23 heavy (non-hydrogen) atoms. The summed E-state index contributed by atoms with van der Waals surface area (Å²) in [5.74, 6) is 1.24. The van der Waals surface area contributed by atoms with Crippen molar-refractivity contribution in [3.05, 3.63) is 64.9 Å². The normalized spacial score (nSPS) is 10.4. The monoisotopic (exact) mass is 327 g/mol. The molecule has 0 unspecified atom stereocenters. The van der Waals surface area contributed by atoms with E-state index in [1.165, 1.54) is 0 Å². The van der Waals surface area contributed by atoms with Gasteiger partial charge in [0.15, 0.2) is 0 Å². The van der Waals surface area contributed by atoms with Crippen LogP contribution in [0.1, 0.15) is 11.1 Å². The fraction of sp³-hybridized carbons (Fsp3) is 0.118. The van der Waals surface area contributed by atoms with Crippen molar-refractivity contribution in [2.75, 3.05) is 0 Å². The summed E-state index contributed by atoms with van der Waals surface area (Å²) >= 11 is 5.92. The van der Waals surface area contributed by atoms with Gasteiger partial charge in [-0.25, -0.2) is 0 Å². The largest absolute Gasteiger partial charge is 0.424 e. The minimum atomic E-state index is 0.00491. The summed E-state index contributed by atoms with van der Waals surface area (Å²) in [6.07, 6.45) is 0. The first-order valence-electron chi connectivity index (χ1n) is 6.99. The second-order valence-electron chi connectivity index (χ2n) is 5.01. The second-order valence-corrected chi connectivity index (χ2v) is 5.34. The Morgan fingerprint density at radius 1 is 0.739 bits per heavy atom. The molecular formula is C17H14ClN3O2. The Hall–Kier alpha value is -2.66. The molecule has 0 saturated heterocycles. The molecule has 0 bridgehead atoms. The molecule has 0 aliphatic carbocycles. The summed E-state index contributed by atoms with van der Waals surface area (Å²) in [7, 11) is 0. The molecule has 0 atom stereocenters. The van der Waals surface area contributed by atoms with Crippen molar-refractivity contribution in [2.24, 2.45) is 0 Å². The highest BCUT2D eigenvalue weighted by molar-refractivity contribution is 6.28. The predicted octanol–water partition coefficient (Wildman–Crippen LogP) is 4.73. The van der Waals surface area contributed by atoms with E-state index < -0.39 is 0 Å². The molecule has 1 heterocycles. The van der Waals surface area contributed by atoms with Gasteiger partial charge in [-0.3, -0.25) is 0 Å². The third-order valence-corrected chi connectivity index (χ3v) is 3.13. The van der Waals surface area contributed by atoms with Crippen LogP contribution in [0.15, 0.2) is 48.5 Å². The molecule has 6 heteroatoms. The quantitative estimate of drug-likeness (QED) is 0.693.